The van der Waals surface area contributed by atoms with Crippen LogP contribution in [0.1, 0.15) is 24.0 Å². The van der Waals surface area contributed by atoms with Gasteiger partial charge in [-0.2, -0.15) is 0 Å². The number of carbonyl (C=O) groups is 2. The van der Waals surface area contributed by atoms with Gasteiger partial charge in [-0.3, -0.25) is 9.59 Å². The van der Waals surface area contributed by atoms with Gasteiger partial charge in [0.25, 0.3) is 0 Å². The van der Waals surface area contributed by atoms with Crippen molar-refractivity contribution >= 4 is 11.9 Å². The van der Waals surface area contributed by atoms with Gasteiger partial charge in [-0.15, -0.1) is 0 Å². The Kier molecular flexibility index (Phi) is 3.67. The zero-order valence-corrected chi connectivity index (χ0v) is 11.9. The van der Waals surface area contributed by atoms with Gasteiger partial charge in [0.1, 0.15) is 0 Å². The van der Waals surface area contributed by atoms with Crippen LogP contribution in [-0.4, -0.2) is 17.0 Å². The monoisotopic (exact) mass is 296 g/mol. The number of hydrogen-bond donors (Lipinski definition) is 1. The topological polar surface area (TPSA) is 63.6 Å². The molecule has 1 aliphatic rings. The Morgan fingerprint density at radius 2 is 1.55 bits per heavy atom. The molecule has 1 atom stereocenters. The van der Waals surface area contributed by atoms with Gasteiger partial charge in [-0.05, 0) is 0 Å². The normalized spacial score (nSPS) is 19.6. The summed E-state index contributed by atoms with van der Waals surface area (Å²) in [5, 5.41) is 9.22. The number of carbonyl (C=O) groups excluding carboxylic acids is 1. The lowest BCUT2D eigenvalue weighted by molar-refractivity contribution is -0.148. The first-order chi connectivity index (χ1) is 10.6. The first-order valence-corrected chi connectivity index (χ1v) is 7.17. The van der Waals surface area contributed by atoms with Gasteiger partial charge in [0, 0.05) is 17.0 Å². The highest BCUT2D eigenvalue weighted by molar-refractivity contribution is 5.77. The predicted molar refractivity (Wildman–Crippen MR) is 80.1 cm³/mol. The summed E-state index contributed by atoms with van der Waals surface area (Å²) in [6, 6.07) is 18.7. The van der Waals surface area contributed by atoms with E-state index in [9.17, 15) is 14.7 Å². The maximum Gasteiger partial charge on any atom is 0.307 e. The summed E-state index contributed by atoms with van der Waals surface area (Å²) >= 11 is 0. The molecule has 0 amide bonds. The summed E-state index contributed by atoms with van der Waals surface area (Å²) in [6.45, 7) is 0. The molecule has 2 aromatic carbocycles. The van der Waals surface area contributed by atoms with Crippen LogP contribution in [0, 0.1) is 5.92 Å². The molecule has 0 spiro atoms. The van der Waals surface area contributed by atoms with Crippen LogP contribution in [0.25, 0.3) is 0 Å². The summed E-state index contributed by atoms with van der Waals surface area (Å²) in [7, 11) is 0. The zero-order chi connectivity index (χ0) is 15.6. The highest BCUT2D eigenvalue weighted by Gasteiger charge is 2.52. The number of hydrogen-bond acceptors (Lipinski definition) is 3. The van der Waals surface area contributed by atoms with Crippen molar-refractivity contribution in [2.75, 3.05) is 0 Å². The van der Waals surface area contributed by atoms with Crippen LogP contribution in [0.3, 0.4) is 0 Å². The van der Waals surface area contributed by atoms with Crippen LogP contribution in [-0.2, 0) is 19.9 Å². The van der Waals surface area contributed by atoms with Gasteiger partial charge in [0.2, 0.25) is 0 Å². The number of carboxylic acids is 1. The number of rotatable bonds is 4. The Morgan fingerprint density at radius 3 is 2.00 bits per heavy atom. The van der Waals surface area contributed by atoms with E-state index >= 15 is 0 Å². The molecule has 4 heteroatoms. The highest BCUT2D eigenvalue weighted by atomic mass is 16.6. The Hall–Kier alpha value is -2.62. The molecule has 1 fully saturated rings. The standard InChI is InChI=1S/C18H16O4/c19-16(20)11-15-12-17(21)22-18(15,13-7-3-1-4-8-13)14-9-5-2-6-10-14/h1-10,15H,11-12H2,(H,19,20)/t15-/m0/s1. The maximum absolute atomic E-state index is 12.0. The number of esters is 1. The van der Waals surface area contributed by atoms with Crippen LogP contribution in [0.4, 0.5) is 0 Å². The van der Waals surface area contributed by atoms with Crippen molar-refractivity contribution < 1.29 is 19.4 Å². The van der Waals surface area contributed by atoms with Crippen molar-refractivity contribution in [3.63, 3.8) is 0 Å². The van der Waals surface area contributed by atoms with Crippen LogP contribution in [0.5, 0.6) is 0 Å². The van der Waals surface area contributed by atoms with E-state index in [4.69, 9.17) is 4.74 Å². The molecule has 4 nitrogen and oxygen atoms in total. The molecule has 1 heterocycles. The smallest absolute Gasteiger partial charge is 0.307 e. The van der Waals surface area contributed by atoms with E-state index in [1.807, 2.05) is 60.7 Å². The van der Waals surface area contributed by atoms with Crippen molar-refractivity contribution in [1.29, 1.82) is 0 Å². The number of aliphatic carboxylic acids is 1. The third kappa shape index (κ3) is 2.37. The number of benzene rings is 2. The summed E-state index contributed by atoms with van der Waals surface area (Å²) in [5.41, 5.74) is 0.578. The van der Waals surface area contributed by atoms with E-state index < -0.39 is 17.5 Å². The van der Waals surface area contributed by atoms with Crippen molar-refractivity contribution in [2.24, 2.45) is 5.92 Å². The Bertz CT molecular complexity index is 639. The van der Waals surface area contributed by atoms with Crippen molar-refractivity contribution in [1.82, 2.24) is 0 Å². The molecule has 22 heavy (non-hydrogen) atoms. The lowest BCUT2D eigenvalue weighted by Gasteiger charge is -2.34. The third-order valence-electron chi connectivity index (χ3n) is 4.09. The Morgan fingerprint density at radius 1 is 1.05 bits per heavy atom. The fourth-order valence-corrected chi connectivity index (χ4v) is 3.20. The minimum atomic E-state index is -1.03. The molecule has 0 aromatic heterocycles. The quantitative estimate of drug-likeness (QED) is 0.881. The highest BCUT2D eigenvalue weighted by Crippen LogP contribution is 2.48. The summed E-state index contributed by atoms with van der Waals surface area (Å²) in [6.07, 6.45) is -0.00832. The second kappa shape index (κ2) is 5.64. The van der Waals surface area contributed by atoms with E-state index in [1.54, 1.807) is 0 Å². The molecule has 112 valence electrons. The molecule has 0 unspecified atom stereocenters. The van der Waals surface area contributed by atoms with Gasteiger partial charge in [0.05, 0.1) is 12.8 Å². The van der Waals surface area contributed by atoms with Crippen LogP contribution in [0.15, 0.2) is 60.7 Å². The van der Waals surface area contributed by atoms with E-state index in [0.717, 1.165) is 11.1 Å². The van der Waals surface area contributed by atoms with E-state index in [2.05, 4.69) is 0 Å². The molecular formula is C18H16O4. The Balaban J connectivity index is 2.18. The van der Waals surface area contributed by atoms with Gasteiger partial charge in [-0.1, -0.05) is 60.7 Å². The summed E-state index contributed by atoms with van der Waals surface area (Å²) < 4.78 is 5.73. The lowest BCUT2D eigenvalue weighted by atomic mass is 9.75. The Labute approximate surface area is 128 Å². The van der Waals surface area contributed by atoms with Crippen molar-refractivity contribution in [2.45, 2.75) is 18.4 Å². The molecule has 0 saturated carbocycles. The van der Waals surface area contributed by atoms with Gasteiger partial charge < -0.3 is 9.84 Å². The van der Waals surface area contributed by atoms with Crippen LogP contribution in [0.2, 0.25) is 0 Å². The van der Waals surface area contributed by atoms with Gasteiger partial charge >= 0.3 is 11.9 Å². The lowest BCUT2D eigenvalue weighted by Crippen LogP contribution is -2.35. The van der Waals surface area contributed by atoms with Crippen molar-refractivity contribution in [3.8, 4) is 0 Å². The third-order valence-corrected chi connectivity index (χ3v) is 4.09. The molecule has 0 aliphatic carbocycles. The summed E-state index contributed by atoms with van der Waals surface area (Å²) in [5.74, 6) is -1.72. The molecule has 0 radical (unpaired) electrons. The largest absolute Gasteiger partial charge is 0.481 e. The molecule has 1 aliphatic heterocycles. The predicted octanol–water partition coefficient (Wildman–Crippen LogP) is 2.97. The molecule has 3 rings (SSSR count). The zero-order valence-electron chi connectivity index (χ0n) is 11.9. The molecule has 2 aromatic rings. The fourth-order valence-electron chi connectivity index (χ4n) is 3.20. The number of ether oxygens (including phenoxy) is 1. The van der Waals surface area contributed by atoms with Gasteiger partial charge in [-0.25, -0.2) is 0 Å². The SMILES string of the molecule is O=C(O)C[C@H]1CC(=O)OC1(c1ccccc1)c1ccccc1. The molecule has 0 bridgehead atoms. The second-order valence-electron chi connectivity index (χ2n) is 5.44. The minimum Gasteiger partial charge on any atom is -0.481 e. The van der Waals surface area contributed by atoms with Crippen LogP contribution >= 0.6 is 0 Å². The fraction of sp³-hybridized carbons (Fsp3) is 0.222. The van der Waals surface area contributed by atoms with Crippen LogP contribution < -0.4 is 0 Å². The molecular weight excluding hydrogens is 280 g/mol. The van der Waals surface area contributed by atoms with E-state index in [1.165, 1.54) is 0 Å². The van der Waals surface area contributed by atoms with Crippen molar-refractivity contribution in [3.05, 3.63) is 71.8 Å². The molecule has 1 N–H and O–H groups in total. The first kappa shape index (κ1) is 14.3. The number of carboxylic acid groups (broad SMARTS) is 1. The minimum absolute atomic E-state index is 0.107. The second-order valence-corrected chi connectivity index (χ2v) is 5.44. The summed E-state index contributed by atoms with van der Waals surface area (Å²) in [4.78, 5) is 23.2. The average Bonchev–Trinajstić information content (AvgIpc) is 2.85. The maximum atomic E-state index is 12.0. The first-order valence-electron chi connectivity index (χ1n) is 7.17. The van der Waals surface area contributed by atoms with E-state index in [-0.39, 0.29) is 18.8 Å². The number of cyclic esters (lactones) is 1. The average molecular weight is 296 g/mol. The molecule has 1 saturated heterocycles. The van der Waals surface area contributed by atoms with E-state index in [0.29, 0.717) is 0 Å². The van der Waals surface area contributed by atoms with Gasteiger partial charge in [0.15, 0.2) is 5.60 Å².